The van der Waals surface area contributed by atoms with E-state index in [1.165, 1.54) is 0 Å². The third-order valence-electron chi connectivity index (χ3n) is 5.07. The number of halogens is 3. The van der Waals surface area contributed by atoms with Gasteiger partial charge in [-0.05, 0) is 42.0 Å². The molecule has 8 heteroatoms. The lowest BCUT2D eigenvalue weighted by molar-refractivity contribution is -0.481. The number of ether oxygens (including phenoxy) is 1. The highest BCUT2D eigenvalue weighted by atomic mass is 79.9. The van der Waals surface area contributed by atoms with Crippen molar-refractivity contribution in [2.75, 3.05) is 6.54 Å². The van der Waals surface area contributed by atoms with Crippen LogP contribution in [0.3, 0.4) is 0 Å². The van der Waals surface area contributed by atoms with Crippen molar-refractivity contribution in [1.82, 2.24) is 4.98 Å². The normalized spacial score (nSPS) is 12.1. The fourth-order valence-corrected chi connectivity index (χ4v) is 4.45. The Kier molecular flexibility index (Phi) is 6.51. The molecule has 5 nitrogen and oxygen atoms in total. The molecular formula is C23H17BrCl2N2O3. The van der Waals surface area contributed by atoms with E-state index < -0.39 is 5.92 Å². The number of hydrogen-bond acceptors (Lipinski definition) is 3. The van der Waals surface area contributed by atoms with Crippen molar-refractivity contribution in [1.29, 1.82) is 0 Å². The van der Waals surface area contributed by atoms with E-state index in [4.69, 9.17) is 27.9 Å². The summed E-state index contributed by atoms with van der Waals surface area (Å²) in [5, 5.41) is 13.6. The number of nitrogens with one attached hydrogen (secondary N) is 1. The van der Waals surface area contributed by atoms with E-state index >= 15 is 0 Å². The molecular weight excluding hydrogens is 503 g/mol. The molecule has 0 aliphatic rings. The first-order valence-electron chi connectivity index (χ1n) is 9.46. The number of hydrogen-bond donors (Lipinski definition) is 1. The van der Waals surface area contributed by atoms with E-state index in [0.717, 1.165) is 32.1 Å². The Morgan fingerprint density at radius 2 is 1.87 bits per heavy atom. The lowest BCUT2D eigenvalue weighted by Crippen LogP contribution is -2.15. The Bertz CT molecular complexity index is 1260. The molecule has 0 radical (unpaired) electrons. The van der Waals surface area contributed by atoms with Gasteiger partial charge >= 0.3 is 0 Å². The Hall–Kier alpha value is -2.54. The van der Waals surface area contributed by atoms with Crippen LogP contribution in [-0.2, 0) is 6.61 Å². The molecule has 4 aromatic rings. The molecule has 1 aromatic heterocycles. The van der Waals surface area contributed by atoms with Gasteiger partial charge in [0, 0.05) is 47.7 Å². The van der Waals surface area contributed by atoms with Crippen LogP contribution in [0.1, 0.15) is 22.6 Å². The number of fused-ring (bicyclic) bond motifs is 1. The number of aromatic amines is 1. The van der Waals surface area contributed by atoms with Crippen LogP contribution in [0.2, 0.25) is 10.0 Å². The van der Waals surface area contributed by atoms with Crippen LogP contribution in [0, 0.1) is 10.1 Å². The predicted molar refractivity (Wildman–Crippen MR) is 127 cm³/mol. The number of nitro groups is 1. The molecule has 0 saturated carbocycles. The lowest BCUT2D eigenvalue weighted by atomic mass is 9.90. The van der Waals surface area contributed by atoms with Gasteiger partial charge in [0.15, 0.2) is 0 Å². The van der Waals surface area contributed by atoms with E-state index in [2.05, 4.69) is 20.9 Å². The summed E-state index contributed by atoms with van der Waals surface area (Å²) >= 11 is 15.7. The van der Waals surface area contributed by atoms with Gasteiger partial charge in [-0.3, -0.25) is 10.1 Å². The number of rotatable bonds is 7. The second-order valence-electron chi connectivity index (χ2n) is 7.06. The van der Waals surface area contributed by atoms with Crippen LogP contribution in [0.4, 0.5) is 0 Å². The smallest absolute Gasteiger partial charge is 0.214 e. The number of H-pyrrole nitrogens is 1. The maximum Gasteiger partial charge on any atom is 0.214 e. The quantitative estimate of drug-likeness (QED) is 0.207. The molecule has 3 aromatic carbocycles. The van der Waals surface area contributed by atoms with Crippen molar-refractivity contribution >= 4 is 50.0 Å². The number of para-hydroxylation sites is 1. The summed E-state index contributed by atoms with van der Waals surface area (Å²) < 4.78 is 6.90. The average molecular weight is 520 g/mol. The number of aromatic nitrogens is 1. The Morgan fingerprint density at radius 3 is 2.65 bits per heavy atom. The zero-order valence-electron chi connectivity index (χ0n) is 16.1. The van der Waals surface area contributed by atoms with Gasteiger partial charge in [0.05, 0.1) is 5.92 Å². The Balaban J connectivity index is 1.74. The first-order valence-corrected chi connectivity index (χ1v) is 11.0. The number of nitrogens with zero attached hydrogens (tertiary/aromatic N) is 1. The first kappa shape index (κ1) is 21.7. The fourth-order valence-electron chi connectivity index (χ4n) is 3.61. The molecule has 1 atom stereocenters. The van der Waals surface area contributed by atoms with Crippen molar-refractivity contribution < 1.29 is 9.66 Å². The summed E-state index contributed by atoms with van der Waals surface area (Å²) in [4.78, 5) is 14.5. The van der Waals surface area contributed by atoms with Crippen molar-refractivity contribution in [3.05, 3.63) is 108 Å². The third kappa shape index (κ3) is 4.87. The molecule has 158 valence electrons. The van der Waals surface area contributed by atoms with E-state index in [-0.39, 0.29) is 18.1 Å². The zero-order valence-corrected chi connectivity index (χ0v) is 19.2. The summed E-state index contributed by atoms with van der Waals surface area (Å²) in [6.07, 6.45) is 1.83. The van der Waals surface area contributed by atoms with Gasteiger partial charge < -0.3 is 9.72 Å². The van der Waals surface area contributed by atoms with Crippen molar-refractivity contribution in [2.45, 2.75) is 12.5 Å². The molecule has 0 bridgehead atoms. The van der Waals surface area contributed by atoms with Gasteiger partial charge in [0.1, 0.15) is 12.4 Å². The second kappa shape index (κ2) is 9.30. The van der Waals surface area contributed by atoms with Gasteiger partial charge in [-0.25, -0.2) is 0 Å². The maximum absolute atomic E-state index is 11.6. The molecule has 0 spiro atoms. The molecule has 0 saturated heterocycles. The molecule has 0 aliphatic carbocycles. The topological polar surface area (TPSA) is 68.2 Å². The van der Waals surface area contributed by atoms with E-state index in [0.29, 0.717) is 15.8 Å². The van der Waals surface area contributed by atoms with E-state index in [1.54, 1.807) is 18.2 Å². The Labute approximate surface area is 197 Å². The SMILES string of the molecule is O=[N+]([O-])C[C@@H](c1cc(Br)ccc1OCc1ccc(Cl)cc1Cl)c1c[nH]c2ccccc12. The van der Waals surface area contributed by atoms with Crippen LogP contribution in [0.25, 0.3) is 10.9 Å². The minimum atomic E-state index is -0.501. The van der Waals surface area contributed by atoms with Gasteiger partial charge in [-0.15, -0.1) is 0 Å². The summed E-state index contributed by atoms with van der Waals surface area (Å²) in [5.74, 6) is 0.0608. The highest BCUT2D eigenvalue weighted by Crippen LogP contribution is 2.38. The van der Waals surface area contributed by atoms with Gasteiger partial charge in [0.25, 0.3) is 0 Å². The fraction of sp³-hybridized carbons (Fsp3) is 0.130. The molecule has 1 N–H and O–H groups in total. The monoisotopic (exact) mass is 518 g/mol. The van der Waals surface area contributed by atoms with Gasteiger partial charge in [0.2, 0.25) is 6.54 Å². The summed E-state index contributed by atoms with van der Waals surface area (Å²) in [7, 11) is 0. The average Bonchev–Trinajstić information content (AvgIpc) is 3.16. The van der Waals surface area contributed by atoms with Crippen LogP contribution < -0.4 is 4.74 Å². The molecule has 0 unspecified atom stereocenters. The minimum Gasteiger partial charge on any atom is -0.489 e. The van der Waals surface area contributed by atoms with Gasteiger partial charge in [-0.2, -0.15) is 0 Å². The Morgan fingerprint density at radius 1 is 1.06 bits per heavy atom. The predicted octanol–water partition coefficient (Wildman–Crippen LogP) is 7.22. The lowest BCUT2D eigenvalue weighted by Gasteiger charge is -2.19. The largest absolute Gasteiger partial charge is 0.489 e. The van der Waals surface area contributed by atoms with Crippen molar-refractivity contribution in [3.8, 4) is 5.75 Å². The van der Waals surface area contributed by atoms with E-state index in [1.807, 2.05) is 48.7 Å². The summed E-state index contributed by atoms with van der Waals surface area (Å²) in [6, 6.07) is 18.5. The molecule has 0 amide bonds. The van der Waals surface area contributed by atoms with Gasteiger partial charge in [-0.1, -0.05) is 63.4 Å². The van der Waals surface area contributed by atoms with Crippen LogP contribution in [-0.4, -0.2) is 16.5 Å². The molecule has 4 rings (SSSR count). The standard InChI is InChI=1S/C23H17BrCl2N2O3/c24-15-6-8-23(31-13-14-5-7-16(25)10-21(14)26)18(9-15)20(12-28(29)30)19-11-27-22-4-2-1-3-17(19)22/h1-11,20,27H,12-13H2/t20-/m0/s1. The van der Waals surface area contributed by atoms with Crippen LogP contribution in [0.5, 0.6) is 5.75 Å². The summed E-state index contributed by atoms with van der Waals surface area (Å²) in [5.41, 5.74) is 3.27. The van der Waals surface area contributed by atoms with Crippen molar-refractivity contribution in [2.24, 2.45) is 0 Å². The number of benzene rings is 3. The first-order chi connectivity index (χ1) is 14.9. The highest BCUT2D eigenvalue weighted by Gasteiger charge is 2.27. The van der Waals surface area contributed by atoms with Crippen LogP contribution >= 0.6 is 39.1 Å². The molecule has 0 fully saturated rings. The minimum absolute atomic E-state index is 0.212. The van der Waals surface area contributed by atoms with Crippen molar-refractivity contribution in [3.63, 3.8) is 0 Å². The zero-order chi connectivity index (χ0) is 22.0. The second-order valence-corrected chi connectivity index (χ2v) is 8.82. The molecule has 0 aliphatic heterocycles. The maximum atomic E-state index is 11.6. The molecule has 31 heavy (non-hydrogen) atoms. The highest BCUT2D eigenvalue weighted by molar-refractivity contribution is 9.10. The third-order valence-corrected chi connectivity index (χ3v) is 6.15. The van der Waals surface area contributed by atoms with E-state index in [9.17, 15) is 10.1 Å². The van der Waals surface area contributed by atoms with Crippen LogP contribution in [0.15, 0.2) is 71.3 Å². The molecule has 1 heterocycles. The summed E-state index contributed by atoms with van der Waals surface area (Å²) in [6.45, 7) is -0.0555.